The maximum atomic E-state index is 11.8. The molecule has 0 heterocycles. The zero-order chi connectivity index (χ0) is 15.0. The van der Waals surface area contributed by atoms with E-state index in [0.29, 0.717) is 12.5 Å². The molecule has 0 aliphatic heterocycles. The van der Waals surface area contributed by atoms with Crippen LogP contribution < -0.4 is 10.6 Å². The van der Waals surface area contributed by atoms with Crippen LogP contribution in [-0.4, -0.2) is 24.5 Å². The van der Waals surface area contributed by atoms with Gasteiger partial charge in [-0.3, -0.25) is 4.79 Å². The first-order valence-electron chi connectivity index (χ1n) is 7.24. The lowest BCUT2D eigenvalue weighted by Crippen LogP contribution is -2.34. The van der Waals surface area contributed by atoms with E-state index in [4.69, 9.17) is 0 Å². The van der Waals surface area contributed by atoms with Crippen LogP contribution in [0.15, 0.2) is 28.7 Å². The molecule has 1 aromatic rings. The summed E-state index contributed by atoms with van der Waals surface area (Å²) >= 11 is 3.42. The largest absolute Gasteiger partial charge is 0.353 e. The summed E-state index contributed by atoms with van der Waals surface area (Å²) in [6, 6.07) is 8.87. The van der Waals surface area contributed by atoms with Crippen molar-refractivity contribution in [3.8, 4) is 0 Å². The van der Waals surface area contributed by atoms with E-state index in [9.17, 15) is 4.79 Å². The van der Waals surface area contributed by atoms with Crippen molar-refractivity contribution in [3.05, 3.63) is 34.3 Å². The number of rotatable bonds is 8. The molecule has 0 aliphatic carbocycles. The van der Waals surface area contributed by atoms with Gasteiger partial charge in [0.2, 0.25) is 5.91 Å². The van der Waals surface area contributed by atoms with Crippen LogP contribution in [0.1, 0.15) is 39.2 Å². The lowest BCUT2D eigenvalue weighted by molar-refractivity contribution is -0.121. The lowest BCUT2D eigenvalue weighted by atomic mass is 10.1. The minimum absolute atomic E-state index is 0.139. The maximum absolute atomic E-state index is 11.8. The monoisotopic (exact) mass is 340 g/mol. The molecule has 1 aromatic carbocycles. The first kappa shape index (κ1) is 17.2. The van der Waals surface area contributed by atoms with Crippen LogP contribution in [0.3, 0.4) is 0 Å². The molecule has 112 valence electrons. The standard InChI is InChI=1S/C16H25BrN2O/c1-12(2)18-10-4-5-16(20)19-13(3)11-14-6-8-15(17)9-7-14/h6-9,12-13,18H,4-5,10-11H2,1-3H3,(H,19,20). The predicted molar refractivity (Wildman–Crippen MR) is 87.8 cm³/mol. The molecule has 0 bridgehead atoms. The molecule has 0 saturated carbocycles. The Morgan fingerprint density at radius 2 is 1.85 bits per heavy atom. The second-order valence-corrected chi connectivity index (χ2v) is 6.43. The van der Waals surface area contributed by atoms with Crippen molar-refractivity contribution in [2.24, 2.45) is 0 Å². The van der Waals surface area contributed by atoms with Gasteiger partial charge in [-0.1, -0.05) is 41.9 Å². The van der Waals surface area contributed by atoms with Crippen molar-refractivity contribution in [2.75, 3.05) is 6.54 Å². The molecule has 0 saturated heterocycles. The van der Waals surface area contributed by atoms with Crippen LogP contribution in [0.5, 0.6) is 0 Å². The smallest absolute Gasteiger partial charge is 0.220 e. The minimum atomic E-state index is 0.139. The highest BCUT2D eigenvalue weighted by Gasteiger charge is 2.08. The van der Waals surface area contributed by atoms with E-state index in [1.165, 1.54) is 5.56 Å². The molecule has 0 fully saturated rings. The number of hydrogen-bond acceptors (Lipinski definition) is 2. The summed E-state index contributed by atoms with van der Waals surface area (Å²) in [5, 5.41) is 6.37. The zero-order valence-corrected chi connectivity index (χ0v) is 14.2. The Labute approximate surface area is 130 Å². The van der Waals surface area contributed by atoms with Gasteiger partial charge in [-0.2, -0.15) is 0 Å². The second kappa shape index (κ2) is 9.14. The highest BCUT2D eigenvalue weighted by Crippen LogP contribution is 2.11. The van der Waals surface area contributed by atoms with E-state index in [-0.39, 0.29) is 11.9 Å². The third kappa shape index (κ3) is 7.65. The number of nitrogens with one attached hydrogen (secondary N) is 2. The van der Waals surface area contributed by atoms with E-state index >= 15 is 0 Å². The Morgan fingerprint density at radius 3 is 2.45 bits per heavy atom. The molecule has 1 rings (SSSR count). The third-order valence-corrected chi connectivity index (χ3v) is 3.52. The van der Waals surface area contributed by atoms with Crippen molar-refractivity contribution in [3.63, 3.8) is 0 Å². The van der Waals surface area contributed by atoms with Crippen molar-refractivity contribution in [2.45, 2.75) is 52.1 Å². The SMILES string of the molecule is CC(C)NCCCC(=O)NC(C)Cc1ccc(Br)cc1. The van der Waals surface area contributed by atoms with E-state index in [1.54, 1.807) is 0 Å². The number of carbonyl (C=O) groups excluding carboxylic acids is 1. The fourth-order valence-corrected chi connectivity index (χ4v) is 2.28. The lowest BCUT2D eigenvalue weighted by Gasteiger charge is -2.14. The highest BCUT2D eigenvalue weighted by molar-refractivity contribution is 9.10. The molecule has 1 atom stereocenters. The number of halogens is 1. The van der Waals surface area contributed by atoms with Gasteiger partial charge in [0.25, 0.3) is 0 Å². The van der Waals surface area contributed by atoms with Gasteiger partial charge >= 0.3 is 0 Å². The summed E-state index contributed by atoms with van der Waals surface area (Å²) in [6.07, 6.45) is 2.34. The minimum Gasteiger partial charge on any atom is -0.353 e. The van der Waals surface area contributed by atoms with Crippen LogP contribution in [0.4, 0.5) is 0 Å². The number of carbonyl (C=O) groups is 1. The first-order valence-corrected chi connectivity index (χ1v) is 8.04. The van der Waals surface area contributed by atoms with Crippen LogP contribution >= 0.6 is 15.9 Å². The second-order valence-electron chi connectivity index (χ2n) is 5.51. The van der Waals surface area contributed by atoms with Crippen molar-refractivity contribution >= 4 is 21.8 Å². The Morgan fingerprint density at radius 1 is 1.20 bits per heavy atom. The van der Waals surface area contributed by atoms with Crippen molar-refractivity contribution in [1.29, 1.82) is 0 Å². The van der Waals surface area contributed by atoms with Gasteiger partial charge in [0, 0.05) is 23.0 Å². The Bertz CT molecular complexity index is 403. The summed E-state index contributed by atoms with van der Waals surface area (Å²) in [5.74, 6) is 0.139. The number of amides is 1. The Balaban J connectivity index is 2.22. The topological polar surface area (TPSA) is 41.1 Å². The summed E-state index contributed by atoms with van der Waals surface area (Å²) in [6.45, 7) is 7.17. The molecule has 0 aliphatic rings. The van der Waals surface area contributed by atoms with E-state index in [2.05, 4.69) is 52.5 Å². The summed E-state index contributed by atoms with van der Waals surface area (Å²) in [4.78, 5) is 11.8. The van der Waals surface area contributed by atoms with E-state index in [0.717, 1.165) is 23.9 Å². The molecular weight excluding hydrogens is 316 g/mol. The van der Waals surface area contributed by atoms with Gasteiger partial charge in [-0.15, -0.1) is 0 Å². The normalized spacial score (nSPS) is 12.4. The average molecular weight is 341 g/mol. The molecule has 4 heteroatoms. The van der Waals surface area contributed by atoms with Gasteiger partial charge in [0.15, 0.2) is 0 Å². The molecule has 0 spiro atoms. The van der Waals surface area contributed by atoms with Gasteiger partial charge in [0.05, 0.1) is 0 Å². The van der Waals surface area contributed by atoms with Crippen LogP contribution in [0.25, 0.3) is 0 Å². The van der Waals surface area contributed by atoms with E-state index in [1.807, 2.05) is 19.1 Å². The van der Waals surface area contributed by atoms with Gasteiger partial charge in [-0.25, -0.2) is 0 Å². The molecular formula is C16H25BrN2O. The summed E-state index contributed by atoms with van der Waals surface area (Å²) in [5.41, 5.74) is 1.24. The van der Waals surface area contributed by atoms with Crippen LogP contribution in [-0.2, 0) is 11.2 Å². The van der Waals surface area contributed by atoms with Crippen LogP contribution in [0.2, 0.25) is 0 Å². The summed E-state index contributed by atoms with van der Waals surface area (Å²) < 4.78 is 1.08. The van der Waals surface area contributed by atoms with Crippen molar-refractivity contribution in [1.82, 2.24) is 10.6 Å². The molecule has 1 unspecified atom stereocenters. The Hall–Kier alpha value is -0.870. The van der Waals surface area contributed by atoms with Gasteiger partial charge < -0.3 is 10.6 Å². The number of hydrogen-bond donors (Lipinski definition) is 2. The van der Waals surface area contributed by atoms with Crippen LogP contribution in [0, 0.1) is 0 Å². The first-order chi connectivity index (χ1) is 9.47. The zero-order valence-electron chi connectivity index (χ0n) is 12.6. The predicted octanol–water partition coefficient (Wildman–Crippen LogP) is 3.27. The number of benzene rings is 1. The van der Waals surface area contributed by atoms with Gasteiger partial charge in [0.1, 0.15) is 0 Å². The third-order valence-electron chi connectivity index (χ3n) is 3.00. The maximum Gasteiger partial charge on any atom is 0.220 e. The van der Waals surface area contributed by atoms with Gasteiger partial charge in [-0.05, 0) is 44.0 Å². The fourth-order valence-electron chi connectivity index (χ4n) is 2.01. The average Bonchev–Trinajstić information content (AvgIpc) is 2.37. The molecule has 1 amide bonds. The molecule has 20 heavy (non-hydrogen) atoms. The quantitative estimate of drug-likeness (QED) is 0.713. The molecule has 3 nitrogen and oxygen atoms in total. The highest BCUT2D eigenvalue weighted by atomic mass is 79.9. The molecule has 2 N–H and O–H groups in total. The fraction of sp³-hybridized carbons (Fsp3) is 0.562. The molecule has 0 aromatic heterocycles. The summed E-state index contributed by atoms with van der Waals surface area (Å²) in [7, 11) is 0. The molecule has 0 radical (unpaired) electrons. The van der Waals surface area contributed by atoms with E-state index < -0.39 is 0 Å². The Kier molecular flexibility index (Phi) is 7.85. The van der Waals surface area contributed by atoms with Crippen molar-refractivity contribution < 1.29 is 4.79 Å².